The lowest BCUT2D eigenvalue weighted by atomic mass is 10.1. The van der Waals surface area contributed by atoms with E-state index < -0.39 is 0 Å². The molecule has 0 aliphatic heterocycles. The Morgan fingerprint density at radius 2 is 2.19 bits per heavy atom. The topological polar surface area (TPSA) is 42.0 Å². The van der Waals surface area contributed by atoms with Crippen LogP contribution < -0.4 is 5.32 Å². The van der Waals surface area contributed by atoms with Gasteiger partial charge in [-0.25, -0.2) is 4.98 Å². The SMILES string of the molecule is Cc1cccc(C(=O)NC(C)C(C)CBr)n1. The number of carbonyl (C=O) groups is 1. The summed E-state index contributed by atoms with van der Waals surface area (Å²) >= 11 is 3.41. The molecular formula is C12H17BrN2O. The predicted octanol–water partition coefficient (Wildman–Crippen LogP) is 2.54. The first kappa shape index (κ1) is 13.2. The Kier molecular flexibility index (Phi) is 4.93. The van der Waals surface area contributed by atoms with Crippen molar-refractivity contribution in [3.05, 3.63) is 29.6 Å². The molecule has 0 saturated carbocycles. The van der Waals surface area contributed by atoms with Crippen LogP contribution in [0.25, 0.3) is 0 Å². The minimum Gasteiger partial charge on any atom is -0.348 e. The number of amides is 1. The van der Waals surface area contributed by atoms with E-state index >= 15 is 0 Å². The van der Waals surface area contributed by atoms with Crippen molar-refractivity contribution in [3.63, 3.8) is 0 Å². The second-order valence-electron chi connectivity index (χ2n) is 4.06. The van der Waals surface area contributed by atoms with Crippen molar-refractivity contribution in [1.29, 1.82) is 0 Å². The van der Waals surface area contributed by atoms with Crippen LogP contribution in [-0.2, 0) is 0 Å². The van der Waals surface area contributed by atoms with E-state index in [4.69, 9.17) is 0 Å². The van der Waals surface area contributed by atoms with Gasteiger partial charge in [0.1, 0.15) is 5.69 Å². The first-order chi connectivity index (χ1) is 7.54. The quantitative estimate of drug-likeness (QED) is 0.864. The van der Waals surface area contributed by atoms with E-state index in [1.165, 1.54) is 0 Å². The number of nitrogens with one attached hydrogen (secondary N) is 1. The minimum absolute atomic E-state index is 0.107. The summed E-state index contributed by atoms with van der Waals surface area (Å²) in [5, 5.41) is 3.81. The molecule has 0 aromatic carbocycles. The van der Waals surface area contributed by atoms with Gasteiger partial charge in [0, 0.05) is 17.1 Å². The largest absolute Gasteiger partial charge is 0.348 e. The zero-order valence-corrected chi connectivity index (χ0v) is 11.4. The van der Waals surface area contributed by atoms with Gasteiger partial charge < -0.3 is 5.32 Å². The number of aryl methyl sites for hydroxylation is 1. The zero-order valence-electron chi connectivity index (χ0n) is 9.83. The Hall–Kier alpha value is -0.900. The van der Waals surface area contributed by atoms with Crippen molar-refractivity contribution in [3.8, 4) is 0 Å². The molecule has 3 nitrogen and oxygen atoms in total. The maximum absolute atomic E-state index is 11.8. The molecule has 1 rings (SSSR count). The summed E-state index contributed by atoms with van der Waals surface area (Å²) in [4.78, 5) is 16.0. The zero-order chi connectivity index (χ0) is 12.1. The molecule has 0 spiro atoms. The molecule has 2 unspecified atom stereocenters. The number of pyridine rings is 1. The average molecular weight is 285 g/mol. The molecule has 4 heteroatoms. The van der Waals surface area contributed by atoms with Gasteiger partial charge in [0.2, 0.25) is 0 Å². The first-order valence-corrected chi connectivity index (χ1v) is 6.47. The minimum atomic E-state index is -0.107. The summed E-state index contributed by atoms with van der Waals surface area (Å²) in [6.45, 7) is 5.96. The van der Waals surface area contributed by atoms with Crippen molar-refractivity contribution in [2.24, 2.45) is 5.92 Å². The number of hydrogen-bond acceptors (Lipinski definition) is 2. The molecule has 1 aromatic heterocycles. The number of halogens is 1. The standard InChI is InChI=1S/C12H17BrN2O/c1-8(7-13)10(3)15-12(16)11-6-4-5-9(2)14-11/h4-6,8,10H,7H2,1-3H3,(H,15,16). The predicted molar refractivity (Wildman–Crippen MR) is 68.9 cm³/mol. The third-order valence-corrected chi connectivity index (χ3v) is 3.60. The highest BCUT2D eigenvalue weighted by Crippen LogP contribution is 2.07. The van der Waals surface area contributed by atoms with Gasteiger partial charge in [-0.1, -0.05) is 28.9 Å². The molecule has 0 radical (unpaired) electrons. The number of rotatable bonds is 4. The van der Waals surface area contributed by atoms with E-state index in [0.717, 1.165) is 11.0 Å². The summed E-state index contributed by atoms with van der Waals surface area (Å²) < 4.78 is 0. The highest BCUT2D eigenvalue weighted by Gasteiger charge is 2.15. The Balaban J connectivity index is 2.66. The van der Waals surface area contributed by atoms with E-state index in [-0.39, 0.29) is 11.9 Å². The molecule has 1 N–H and O–H groups in total. The average Bonchev–Trinajstić information content (AvgIpc) is 2.27. The molecule has 0 aliphatic rings. The van der Waals surface area contributed by atoms with Gasteiger partial charge in [0.15, 0.2) is 0 Å². The normalized spacial score (nSPS) is 14.2. The summed E-state index contributed by atoms with van der Waals surface area (Å²) in [6.07, 6.45) is 0. The maximum atomic E-state index is 11.8. The molecule has 0 aliphatic carbocycles. The van der Waals surface area contributed by atoms with Gasteiger partial charge in [-0.15, -0.1) is 0 Å². The van der Waals surface area contributed by atoms with Crippen LogP contribution in [0.15, 0.2) is 18.2 Å². The highest BCUT2D eigenvalue weighted by molar-refractivity contribution is 9.09. The number of hydrogen-bond donors (Lipinski definition) is 1. The molecule has 88 valence electrons. The fourth-order valence-corrected chi connectivity index (χ4v) is 1.79. The Bertz CT molecular complexity index is 368. The van der Waals surface area contributed by atoms with Crippen molar-refractivity contribution >= 4 is 21.8 Å². The Labute approximate surface area is 105 Å². The number of carbonyl (C=O) groups excluding carboxylic acids is 1. The second-order valence-corrected chi connectivity index (χ2v) is 4.71. The van der Waals surface area contributed by atoms with Gasteiger partial charge >= 0.3 is 0 Å². The van der Waals surface area contributed by atoms with E-state index in [1.807, 2.05) is 26.0 Å². The Morgan fingerprint density at radius 3 is 2.75 bits per heavy atom. The molecule has 1 aromatic rings. The van der Waals surface area contributed by atoms with E-state index in [9.17, 15) is 4.79 Å². The van der Waals surface area contributed by atoms with Crippen LogP contribution in [0.3, 0.4) is 0 Å². The monoisotopic (exact) mass is 284 g/mol. The third-order valence-electron chi connectivity index (χ3n) is 2.58. The van der Waals surface area contributed by atoms with Crippen LogP contribution in [0.1, 0.15) is 30.0 Å². The fourth-order valence-electron chi connectivity index (χ4n) is 1.23. The fraction of sp³-hybridized carbons (Fsp3) is 0.500. The summed E-state index contributed by atoms with van der Waals surface area (Å²) in [7, 11) is 0. The van der Waals surface area contributed by atoms with Crippen LogP contribution >= 0.6 is 15.9 Å². The number of aromatic nitrogens is 1. The molecular weight excluding hydrogens is 268 g/mol. The van der Waals surface area contributed by atoms with Crippen LogP contribution in [0.4, 0.5) is 0 Å². The molecule has 0 bridgehead atoms. The van der Waals surface area contributed by atoms with Crippen LogP contribution in [-0.4, -0.2) is 22.3 Å². The van der Waals surface area contributed by atoms with Crippen molar-refractivity contribution in [2.75, 3.05) is 5.33 Å². The van der Waals surface area contributed by atoms with E-state index in [1.54, 1.807) is 6.07 Å². The maximum Gasteiger partial charge on any atom is 0.270 e. The van der Waals surface area contributed by atoms with Gasteiger partial charge in [-0.05, 0) is 31.9 Å². The molecule has 1 amide bonds. The number of alkyl halides is 1. The molecule has 16 heavy (non-hydrogen) atoms. The molecule has 2 atom stereocenters. The van der Waals surface area contributed by atoms with Gasteiger partial charge in [-0.3, -0.25) is 4.79 Å². The molecule has 0 saturated heterocycles. The lowest BCUT2D eigenvalue weighted by Crippen LogP contribution is -2.38. The molecule has 1 heterocycles. The molecule has 0 fully saturated rings. The van der Waals surface area contributed by atoms with E-state index in [0.29, 0.717) is 11.6 Å². The Morgan fingerprint density at radius 1 is 1.50 bits per heavy atom. The number of nitrogens with zero attached hydrogens (tertiary/aromatic N) is 1. The van der Waals surface area contributed by atoms with Gasteiger partial charge in [-0.2, -0.15) is 0 Å². The van der Waals surface area contributed by atoms with E-state index in [2.05, 4.69) is 33.2 Å². The lowest BCUT2D eigenvalue weighted by molar-refractivity contribution is 0.0926. The van der Waals surface area contributed by atoms with Crippen LogP contribution in [0.5, 0.6) is 0 Å². The smallest absolute Gasteiger partial charge is 0.270 e. The van der Waals surface area contributed by atoms with Crippen molar-refractivity contribution in [1.82, 2.24) is 10.3 Å². The van der Waals surface area contributed by atoms with Crippen LogP contribution in [0.2, 0.25) is 0 Å². The third kappa shape index (κ3) is 3.59. The van der Waals surface area contributed by atoms with Crippen molar-refractivity contribution in [2.45, 2.75) is 26.8 Å². The van der Waals surface area contributed by atoms with Crippen molar-refractivity contribution < 1.29 is 4.79 Å². The summed E-state index contributed by atoms with van der Waals surface area (Å²) in [5.41, 5.74) is 1.34. The second kappa shape index (κ2) is 5.99. The van der Waals surface area contributed by atoms with Gasteiger partial charge in [0.05, 0.1) is 0 Å². The lowest BCUT2D eigenvalue weighted by Gasteiger charge is -2.18. The highest BCUT2D eigenvalue weighted by atomic mass is 79.9. The summed E-state index contributed by atoms with van der Waals surface area (Å²) in [5.74, 6) is 0.290. The van der Waals surface area contributed by atoms with Gasteiger partial charge in [0.25, 0.3) is 5.91 Å². The first-order valence-electron chi connectivity index (χ1n) is 5.35. The summed E-state index contributed by atoms with van der Waals surface area (Å²) in [6, 6.07) is 5.58. The van der Waals surface area contributed by atoms with Crippen LogP contribution in [0, 0.1) is 12.8 Å².